The van der Waals surface area contributed by atoms with Crippen molar-refractivity contribution in [3.63, 3.8) is 0 Å². The summed E-state index contributed by atoms with van der Waals surface area (Å²) in [6.45, 7) is 3.87. The van der Waals surface area contributed by atoms with E-state index in [1.54, 1.807) is 0 Å². The van der Waals surface area contributed by atoms with E-state index in [4.69, 9.17) is 6.15 Å². The van der Waals surface area contributed by atoms with Gasteiger partial charge in [-0.15, -0.1) is 0 Å². The van der Waals surface area contributed by atoms with Crippen molar-refractivity contribution < 1.29 is 35.2 Å². The number of non-ortho nitro benzene ring substituents is 2. The SMILES string of the molecule is CCC[CH2][Sn]([CH2]CCC)([O]C(=O)C=CC(=O)Nc1ccc([N+](=O)[O-])cc1)[O]C(=O)C=CC(=O)Nc1ccc([N+](=O)[O-])cc1. The van der Waals surface area contributed by atoms with Crippen molar-refractivity contribution in [2.24, 2.45) is 0 Å². The molecule has 0 bridgehead atoms. The number of unbranched alkanes of at least 4 members (excludes halogenated alkanes) is 2. The maximum atomic E-state index is 12.8. The molecule has 0 saturated heterocycles. The van der Waals surface area contributed by atoms with Crippen molar-refractivity contribution >= 4 is 65.7 Å². The molecule has 0 radical (unpaired) electrons. The summed E-state index contributed by atoms with van der Waals surface area (Å²) in [5, 5.41) is 26.5. The predicted molar refractivity (Wildman–Crippen MR) is 159 cm³/mol. The fraction of sp³-hybridized carbons (Fsp3) is 0.286. The van der Waals surface area contributed by atoms with Crippen LogP contribution in [0.25, 0.3) is 0 Å². The number of hydrogen-bond acceptors (Lipinski definition) is 10. The normalized spacial score (nSPS) is 11.2. The standard InChI is InChI=1S/2C10H8N2O5.2C4H9.Sn/c2*13-9(5-6-10(14)15)11-7-1-3-8(4-2-7)12(16)17;2*1-3-4-2;/h2*1-6H,(H,11,13)(H,14,15);2*1,3-4H2,2H3;/q;;;;+2/p-2. The third-order valence-electron chi connectivity index (χ3n) is 5.83. The van der Waals surface area contributed by atoms with Gasteiger partial charge in [-0.2, -0.15) is 0 Å². The molecule has 0 aliphatic heterocycles. The number of carbonyl (C=O) groups is 4. The Morgan fingerprint density at radius 2 is 1.02 bits per heavy atom. The van der Waals surface area contributed by atoms with E-state index in [0.29, 0.717) is 21.7 Å². The second-order valence-electron chi connectivity index (χ2n) is 9.21. The molecule has 2 aromatic carbocycles. The molecular weight excluding hydrogens is 671 g/mol. The molecule has 2 rings (SSSR count). The molecule has 0 aliphatic carbocycles. The summed E-state index contributed by atoms with van der Waals surface area (Å²) >= 11 is -4.42. The van der Waals surface area contributed by atoms with E-state index in [1.807, 2.05) is 13.8 Å². The van der Waals surface area contributed by atoms with E-state index in [9.17, 15) is 39.4 Å². The number of benzene rings is 2. The number of rotatable bonds is 16. The number of anilines is 2. The van der Waals surface area contributed by atoms with E-state index in [1.165, 1.54) is 48.5 Å². The van der Waals surface area contributed by atoms with Gasteiger partial charge < -0.3 is 0 Å². The minimum absolute atomic E-state index is 0.144. The van der Waals surface area contributed by atoms with Gasteiger partial charge in [0.2, 0.25) is 0 Å². The Kier molecular flexibility index (Phi) is 14.0. The first kappa shape index (κ1) is 34.6. The van der Waals surface area contributed by atoms with Gasteiger partial charge in [-0.1, -0.05) is 0 Å². The summed E-state index contributed by atoms with van der Waals surface area (Å²) in [6.07, 6.45) is 6.51. The molecule has 0 atom stereocenters. The molecule has 15 heteroatoms. The van der Waals surface area contributed by atoms with Crippen LogP contribution in [0.2, 0.25) is 8.87 Å². The average Bonchev–Trinajstić information content (AvgIpc) is 2.97. The number of nitrogens with zero attached hydrogens (tertiary/aromatic N) is 2. The third kappa shape index (κ3) is 12.4. The van der Waals surface area contributed by atoms with Crippen molar-refractivity contribution in [2.45, 2.75) is 48.4 Å². The summed E-state index contributed by atoms with van der Waals surface area (Å²) in [5.74, 6) is -3.05. The minimum atomic E-state index is -4.42. The number of nitrogens with one attached hydrogen (secondary N) is 2. The Hall–Kier alpha value is -4.60. The van der Waals surface area contributed by atoms with Crippen molar-refractivity contribution in [2.75, 3.05) is 10.6 Å². The van der Waals surface area contributed by atoms with E-state index >= 15 is 0 Å². The van der Waals surface area contributed by atoms with Gasteiger partial charge in [-0.25, -0.2) is 0 Å². The molecule has 0 saturated carbocycles. The second-order valence-corrected chi connectivity index (χ2v) is 18.4. The van der Waals surface area contributed by atoms with Gasteiger partial charge in [0, 0.05) is 0 Å². The molecule has 0 aromatic heterocycles. The molecule has 43 heavy (non-hydrogen) atoms. The summed E-state index contributed by atoms with van der Waals surface area (Å²) < 4.78 is 12.3. The Labute approximate surface area is 252 Å². The summed E-state index contributed by atoms with van der Waals surface area (Å²) in [6, 6.07) is 10.3. The fourth-order valence-electron chi connectivity index (χ4n) is 3.67. The average molecular weight is 703 g/mol. The number of carbonyl (C=O) groups excluding carboxylic acids is 4. The van der Waals surface area contributed by atoms with Gasteiger partial charge >= 0.3 is 253 Å². The molecule has 228 valence electrons. The predicted octanol–water partition coefficient (Wildman–Crippen LogP) is 5.32. The molecule has 0 fully saturated rings. The van der Waals surface area contributed by atoms with Crippen LogP contribution in [0, 0.1) is 20.2 Å². The Bertz CT molecular complexity index is 1270. The molecule has 2 N–H and O–H groups in total. The molecule has 0 aliphatic rings. The Morgan fingerprint density at radius 1 is 0.674 bits per heavy atom. The second kappa shape index (κ2) is 17.4. The van der Waals surface area contributed by atoms with Crippen LogP contribution in [0.15, 0.2) is 72.8 Å². The van der Waals surface area contributed by atoms with Gasteiger partial charge in [-0.05, 0) is 0 Å². The van der Waals surface area contributed by atoms with E-state index in [0.717, 1.165) is 37.1 Å². The topological polar surface area (TPSA) is 197 Å². The molecule has 0 unspecified atom stereocenters. The van der Waals surface area contributed by atoms with Crippen molar-refractivity contribution in [3.05, 3.63) is 93.1 Å². The van der Waals surface area contributed by atoms with Crippen LogP contribution in [-0.2, 0) is 25.3 Å². The molecular formula is C28H32N4O10Sn. The number of hydrogen-bond donors (Lipinski definition) is 2. The van der Waals surface area contributed by atoms with Crippen molar-refractivity contribution in [1.82, 2.24) is 0 Å². The van der Waals surface area contributed by atoms with Crippen LogP contribution in [0.1, 0.15) is 39.5 Å². The van der Waals surface area contributed by atoms with E-state index in [-0.39, 0.29) is 22.7 Å². The monoisotopic (exact) mass is 704 g/mol. The maximum absolute atomic E-state index is 12.8. The number of nitro benzene ring substituents is 2. The zero-order chi connectivity index (χ0) is 31.8. The van der Waals surface area contributed by atoms with Gasteiger partial charge in [0.05, 0.1) is 0 Å². The zero-order valence-electron chi connectivity index (χ0n) is 23.6. The third-order valence-corrected chi connectivity index (χ3v) is 15.5. The van der Waals surface area contributed by atoms with Crippen molar-refractivity contribution in [3.8, 4) is 0 Å². The van der Waals surface area contributed by atoms with Crippen LogP contribution in [0.4, 0.5) is 22.7 Å². The van der Waals surface area contributed by atoms with Gasteiger partial charge in [0.25, 0.3) is 0 Å². The first-order chi connectivity index (χ1) is 20.5. The van der Waals surface area contributed by atoms with Crippen LogP contribution in [0.3, 0.4) is 0 Å². The van der Waals surface area contributed by atoms with Gasteiger partial charge in [-0.3, -0.25) is 0 Å². The van der Waals surface area contributed by atoms with E-state index in [2.05, 4.69) is 10.6 Å². The van der Waals surface area contributed by atoms with Crippen molar-refractivity contribution in [1.29, 1.82) is 0 Å². The first-order valence-corrected chi connectivity index (χ1v) is 19.8. The molecule has 0 heterocycles. The van der Waals surface area contributed by atoms with Crippen LogP contribution >= 0.6 is 0 Å². The summed E-state index contributed by atoms with van der Waals surface area (Å²) in [5.41, 5.74) is 0.280. The molecule has 2 amide bonds. The molecule has 0 spiro atoms. The van der Waals surface area contributed by atoms with Crippen LogP contribution < -0.4 is 10.6 Å². The Balaban J connectivity index is 2.08. The Morgan fingerprint density at radius 3 is 1.33 bits per heavy atom. The summed E-state index contributed by atoms with van der Waals surface area (Å²) in [4.78, 5) is 70.4. The zero-order valence-corrected chi connectivity index (χ0v) is 26.5. The summed E-state index contributed by atoms with van der Waals surface area (Å²) in [7, 11) is 0. The van der Waals surface area contributed by atoms with Crippen LogP contribution in [0.5, 0.6) is 0 Å². The first-order valence-electron chi connectivity index (χ1n) is 13.4. The molecule has 14 nitrogen and oxygen atoms in total. The number of amides is 2. The molecule has 2 aromatic rings. The quantitative estimate of drug-likeness (QED) is 0.0999. The van der Waals surface area contributed by atoms with Crippen LogP contribution in [-0.4, -0.2) is 52.8 Å². The fourth-order valence-corrected chi connectivity index (χ4v) is 13.2. The van der Waals surface area contributed by atoms with Gasteiger partial charge in [0.15, 0.2) is 0 Å². The van der Waals surface area contributed by atoms with E-state index < -0.39 is 52.8 Å². The van der Waals surface area contributed by atoms with Gasteiger partial charge in [0.1, 0.15) is 0 Å². The number of nitro groups is 2.